The second kappa shape index (κ2) is 36.5. The summed E-state index contributed by atoms with van der Waals surface area (Å²) in [5.74, 6) is -0.712. The van der Waals surface area contributed by atoms with Crippen LogP contribution in [0.1, 0.15) is 216 Å². The van der Waals surface area contributed by atoms with Gasteiger partial charge in [0, 0.05) is 18.8 Å². The Balaban J connectivity index is 0.000000431. The van der Waals surface area contributed by atoms with Crippen molar-refractivity contribution in [3.63, 3.8) is 0 Å². The number of benzene rings is 3. The van der Waals surface area contributed by atoms with Gasteiger partial charge >= 0.3 is 11.9 Å². The number of hydrogen-bond acceptors (Lipinski definition) is 4. The molecule has 0 aliphatic heterocycles. The standard InChI is InChI=1S/C19H16O2.2C16H32O2/c20-17-10-6-15(7-11-17)19(14-4-2-1-3-5-14)16-8-12-18(21)13-9-16;2*1-2-3-4-5-6-7-8-9-10-11-12-13-14-15-16(17)18/h1-13,19-21H;2*2-15H2,1H3,(H,17,18). The Kier molecular flexibility index (Phi) is 32.8. The Morgan fingerprint density at radius 3 is 0.877 bits per heavy atom. The first-order valence-corrected chi connectivity index (χ1v) is 22.8. The molecule has 0 unspecified atom stereocenters. The second-order valence-electron chi connectivity index (χ2n) is 15.8. The Morgan fingerprint density at radius 2 is 0.614 bits per heavy atom. The summed E-state index contributed by atoms with van der Waals surface area (Å²) in [7, 11) is 0. The summed E-state index contributed by atoms with van der Waals surface area (Å²) in [4.78, 5) is 20.6. The van der Waals surface area contributed by atoms with E-state index in [0.29, 0.717) is 12.8 Å². The van der Waals surface area contributed by atoms with Crippen LogP contribution in [0.3, 0.4) is 0 Å². The van der Waals surface area contributed by atoms with Gasteiger partial charge in [-0.05, 0) is 53.8 Å². The average molecular weight is 789 g/mol. The van der Waals surface area contributed by atoms with Crippen molar-refractivity contribution in [1.82, 2.24) is 0 Å². The fourth-order valence-corrected chi connectivity index (χ4v) is 7.14. The highest BCUT2D eigenvalue weighted by Crippen LogP contribution is 2.33. The van der Waals surface area contributed by atoms with E-state index in [-0.39, 0.29) is 17.4 Å². The number of hydrogen-bond donors (Lipinski definition) is 4. The molecule has 0 aliphatic rings. The molecule has 4 N–H and O–H groups in total. The van der Waals surface area contributed by atoms with E-state index in [1.807, 2.05) is 42.5 Å². The third-order valence-corrected chi connectivity index (χ3v) is 10.6. The van der Waals surface area contributed by atoms with Crippen LogP contribution in [-0.4, -0.2) is 32.4 Å². The summed E-state index contributed by atoms with van der Waals surface area (Å²) in [6.45, 7) is 4.52. The van der Waals surface area contributed by atoms with Gasteiger partial charge in [-0.15, -0.1) is 0 Å². The molecule has 0 saturated carbocycles. The van der Waals surface area contributed by atoms with Crippen LogP contribution in [0.15, 0.2) is 78.9 Å². The van der Waals surface area contributed by atoms with E-state index in [2.05, 4.69) is 26.0 Å². The number of carboxylic acid groups (broad SMARTS) is 2. The Hall–Kier alpha value is -3.80. The molecule has 6 nitrogen and oxygen atoms in total. The monoisotopic (exact) mass is 789 g/mol. The molecular formula is C51H80O6. The summed E-state index contributed by atoms with van der Waals surface area (Å²) < 4.78 is 0. The molecular weight excluding hydrogens is 709 g/mol. The van der Waals surface area contributed by atoms with Gasteiger partial charge in [-0.3, -0.25) is 9.59 Å². The third-order valence-electron chi connectivity index (χ3n) is 10.6. The molecule has 0 fully saturated rings. The Labute approximate surface area is 347 Å². The highest BCUT2D eigenvalue weighted by atomic mass is 16.4. The molecule has 0 atom stereocenters. The topological polar surface area (TPSA) is 115 Å². The van der Waals surface area contributed by atoms with Crippen molar-refractivity contribution >= 4 is 11.9 Å². The maximum Gasteiger partial charge on any atom is 0.303 e. The number of carboxylic acids is 2. The lowest BCUT2D eigenvalue weighted by molar-refractivity contribution is -0.138. The minimum absolute atomic E-state index is 0.0763. The number of carbonyl (C=O) groups is 2. The second-order valence-corrected chi connectivity index (χ2v) is 15.8. The number of aliphatic carboxylic acids is 2. The zero-order chi connectivity index (χ0) is 41.6. The molecule has 0 bridgehead atoms. The van der Waals surface area contributed by atoms with E-state index < -0.39 is 11.9 Å². The summed E-state index contributed by atoms with van der Waals surface area (Å²) in [5, 5.41) is 35.9. The van der Waals surface area contributed by atoms with Crippen molar-refractivity contribution in [2.24, 2.45) is 0 Å². The minimum atomic E-state index is -0.655. The van der Waals surface area contributed by atoms with E-state index in [9.17, 15) is 19.8 Å². The van der Waals surface area contributed by atoms with E-state index in [1.165, 1.54) is 147 Å². The number of phenols is 2. The van der Waals surface area contributed by atoms with E-state index in [0.717, 1.165) is 36.8 Å². The molecule has 0 amide bonds. The highest BCUT2D eigenvalue weighted by molar-refractivity contribution is 5.66. The maximum absolute atomic E-state index is 10.3. The largest absolute Gasteiger partial charge is 0.508 e. The van der Waals surface area contributed by atoms with Crippen molar-refractivity contribution in [2.45, 2.75) is 200 Å². The molecule has 3 aromatic rings. The van der Waals surface area contributed by atoms with Crippen LogP contribution in [0, 0.1) is 0 Å². The lowest BCUT2D eigenvalue weighted by Crippen LogP contribution is -2.02. The van der Waals surface area contributed by atoms with Crippen LogP contribution in [0.2, 0.25) is 0 Å². The van der Waals surface area contributed by atoms with Gasteiger partial charge in [0.2, 0.25) is 0 Å². The normalized spacial score (nSPS) is 10.7. The van der Waals surface area contributed by atoms with Gasteiger partial charge in [0.25, 0.3) is 0 Å². The van der Waals surface area contributed by atoms with Crippen LogP contribution in [0.25, 0.3) is 0 Å². The summed E-state index contributed by atoms with van der Waals surface area (Å²) in [5.41, 5.74) is 3.38. The lowest BCUT2D eigenvalue weighted by Gasteiger charge is -2.19. The van der Waals surface area contributed by atoms with Gasteiger partial charge in [0.05, 0.1) is 0 Å². The zero-order valence-electron chi connectivity index (χ0n) is 36.0. The number of aromatic hydroxyl groups is 2. The highest BCUT2D eigenvalue weighted by Gasteiger charge is 2.16. The summed E-state index contributed by atoms with van der Waals surface area (Å²) in [6, 6.07) is 24.7. The van der Waals surface area contributed by atoms with E-state index in [4.69, 9.17) is 10.2 Å². The van der Waals surface area contributed by atoms with Crippen molar-refractivity contribution in [3.8, 4) is 11.5 Å². The molecule has 0 aromatic heterocycles. The van der Waals surface area contributed by atoms with E-state index in [1.54, 1.807) is 24.3 Å². The SMILES string of the molecule is CCCCCCCCCCCCCCCC(=O)O.CCCCCCCCCCCCCCCC(=O)O.Oc1ccc(C(c2ccccc2)c2ccc(O)cc2)cc1. The van der Waals surface area contributed by atoms with Crippen LogP contribution < -0.4 is 0 Å². The van der Waals surface area contributed by atoms with Gasteiger partial charge in [-0.1, -0.05) is 223 Å². The van der Waals surface area contributed by atoms with Gasteiger partial charge < -0.3 is 20.4 Å². The molecule has 0 spiro atoms. The molecule has 57 heavy (non-hydrogen) atoms. The first kappa shape index (κ1) is 51.2. The smallest absolute Gasteiger partial charge is 0.303 e. The van der Waals surface area contributed by atoms with Crippen LogP contribution in [0.5, 0.6) is 11.5 Å². The molecule has 0 heterocycles. The van der Waals surface area contributed by atoms with Crippen molar-refractivity contribution in [1.29, 1.82) is 0 Å². The van der Waals surface area contributed by atoms with Gasteiger partial charge in [-0.25, -0.2) is 0 Å². The fraction of sp³-hybridized carbons (Fsp3) is 0.608. The van der Waals surface area contributed by atoms with Crippen LogP contribution in [-0.2, 0) is 9.59 Å². The molecule has 0 saturated heterocycles. The molecule has 3 aromatic carbocycles. The molecule has 0 aliphatic carbocycles. The van der Waals surface area contributed by atoms with Crippen LogP contribution in [0.4, 0.5) is 0 Å². The predicted octanol–water partition coefficient (Wildman–Crippen LogP) is 15.4. The summed E-state index contributed by atoms with van der Waals surface area (Å²) in [6.07, 6.45) is 34.5. The van der Waals surface area contributed by atoms with Crippen molar-refractivity contribution < 1.29 is 30.0 Å². The number of rotatable bonds is 31. The van der Waals surface area contributed by atoms with Gasteiger partial charge in [0.1, 0.15) is 11.5 Å². The van der Waals surface area contributed by atoms with Crippen molar-refractivity contribution in [3.05, 3.63) is 95.6 Å². The first-order chi connectivity index (χ1) is 27.8. The van der Waals surface area contributed by atoms with Crippen LogP contribution >= 0.6 is 0 Å². The average Bonchev–Trinajstić information content (AvgIpc) is 3.21. The van der Waals surface area contributed by atoms with Gasteiger partial charge in [0.15, 0.2) is 0 Å². The molecule has 0 radical (unpaired) electrons. The predicted molar refractivity (Wildman–Crippen MR) is 239 cm³/mol. The number of unbranched alkanes of at least 4 members (excludes halogenated alkanes) is 24. The Bertz CT molecular complexity index is 1250. The fourth-order valence-electron chi connectivity index (χ4n) is 7.14. The molecule has 320 valence electrons. The Morgan fingerprint density at radius 1 is 0.368 bits per heavy atom. The zero-order valence-corrected chi connectivity index (χ0v) is 36.0. The molecule has 6 heteroatoms. The summed E-state index contributed by atoms with van der Waals surface area (Å²) >= 11 is 0. The van der Waals surface area contributed by atoms with Crippen molar-refractivity contribution in [2.75, 3.05) is 0 Å². The third kappa shape index (κ3) is 30.0. The quantitative estimate of drug-likeness (QED) is 0.0381. The lowest BCUT2D eigenvalue weighted by atomic mass is 9.85. The van der Waals surface area contributed by atoms with Gasteiger partial charge in [-0.2, -0.15) is 0 Å². The maximum atomic E-state index is 10.3. The number of phenolic OH excluding ortho intramolecular Hbond substituents is 2. The first-order valence-electron chi connectivity index (χ1n) is 22.8. The van der Waals surface area contributed by atoms with E-state index >= 15 is 0 Å². The molecule has 3 rings (SSSR count). The minimum Gasteiger partial charge on any atom is -0.508 e.